The molecule has 0 aliphatic carbocycles. The van der Waals surface area contributed by atoms with Gasteiger partial charge in [-0.15, -0.1) is 0 Å². The molecule has 3 fully saturated rings. The number of rotatable bonds is 1. The Morgan fingerprint density at radius 2 is 1.64 bits per heavy atom. The van der Waals surface area contributed by atoms with Crippen LogP contribution in [0.4, 0.5) is 5.69 Å². The number of ether oxygens (including phenoxy) is 1. The van der Waals surface area contributed by atoms with Crippen LogP contribution in [0.5, 0.6) is 0 Å². The highest BCUT2D eigenvalue weighted by Crippen LogP contribution is 2.56. The number of carbonyl (C=O) groups is 2. The molecule has 2 bridgehead atoms. The summed E-state index contributed by atoms with van der Waals surface area (Å²) >= 11 is 0. The van der Waals surface area contributed by atoms with Gasteiger partial charge in [-0.2, -0.15) is 5.26 Å². The van der Waals surface area contributed by atoms with E-state index >= 15 is 0 Å². The van der Waals surface area contributed by atoms with Crippen molar-refractivity contribution in [3.8, 4) is 6.07 Å². The fraction of sp³-hybridized carbons (Fsp3) is 0.591. The summed E-state index contributed by atoms with van der Waals surface area (Å²) in [5.74, 6) is -1.37. The SMILES string of the molecule is Cc1cc(N2C(=O)[C@@H]3[C@H](C2=O)[C@@]2(C)CN(C(C)(C)C)C[C@]3(C)O2)ccc1C#N. The van der Waals surface area contributed by atoms with Crippen molar-refractivity contribution < 1.29 is 14.3 Å². The predicted molar refractivity (Wildman–Crippen MR) is 105 cm³/mol. The number of nitrogens with zero attached hydrogens (tertiary/aromatic N) is 3. The van der Waals surface area contributed by atoms with E-state index in [0.717, 1.165) is 5.56 Å². The second-order valence-electron chi connectivity index (χ2n) is 9.83. The lowest BCUT2D eigenvalue weighted by Gasteiger charge is -2.50. The molecule has 3 saturated heterocycles. The van der Waals surface area contributed by atoms with E-state index in [1.54, 1.807) is 18.2 Å². The number of likely N-dealkylation sites (tertiary alicyclic amines) is 1. The molecule has 0 N–H and O–H groups in total. The van der Waals surface area contributed by atoms with Gasteiger partial charge in [0.05, 0.1) is 40.4 Å². The number of aryl methyl sites for hydroxylation is 1. The van der Waals surface area contributed by atoms with Crippen LogP contribution in [-0.4, -0.2) is 46.5 Å². The van der Waals surface area contributed by atoms with E-state index in [1.807, 2.05) is 20.8 Å². The van der Waals surface area contributed by atoms with Crippen molar-refractivity contribution in [1.29, 1.82) is 5.26 Å². The Morgan fingerprint density at radius 3 is 2.07 bits per heavy atom. The van der Waals surface area contributed by atoms with Gasteiger partial charge in [-0.3, -0.25) is 14.5 Å². The highest BCUT2D eigenvalue weighted by molar-refractivity contribution is 6.23. The third-order valence-corrected chi connectivity index (χ3v) is 6.64. The number of benzene rings is 1. The van der Waals surface area contributed by atoms with Crippen molar-refractivity contribution in [2.75, 3.05) is 18.0 Å². The van der Waals surface area contributed by atoms with E-state index in [4.69, 9.17) is 10.00 Å². The average Bonchev–Trinajstić information content (AvgIpc) is 2.94. The van der Waals surface area contributed by atoms with Gasteiger partial charge < -0.3 is 4.74 Å². The molecule has 3 heterocycles. The van der Waals surface area contributed by atoms with Crippen LogP contribution >= 0.6 is 0 Å². The number of morpholine rings is 1. The summed E-state index contributed by atoms with van der Waals surface area (Å²) in [6, 6.07) is 7.23. The minimum atomic E-state index is -0.700. The largest absolute Gasteiger partial charge is 0.365 e. The Kier molecular flexibility index (Phi) is 3.85. The van der Waals surface area contributed by atoms with E-state index in [2.05, 4.69) is 31.7 Å². The van der Waals surface area contributed by atoms with Crippen LogP contribution in [0.3, 0.4) is 0 Å². The number of imide groups is 1. The number of hydrogen-bond acceptors (Lipinski definition) is 5. The van der Waals surface area contributed by atoms with Crippen LogP contribution in [0.25, 0.3) is 0 Å². The van der Waals surface area contributed by atoms with Gasteiger partial charge in [-0.25, -0.2) is 4.90 Å². The van der Waals surface area contributed by atoms with Crippen LogP contribution < -0.4 is 4.90 Å². The maximum Gasteiger partial charge on any atom is 0.240 e. The number of fused-ring (bicyclic) bond motifs is 5. The molecule has 0 spiro atoms. The van der Waals surface area contributed by atoms with Crippen LogP contribution in [-0.2, 0) is 14.3 Å². The summed E-state index contributed by atoms with van der Waals surface area (Å²) in [5, 5.41) is 9.16. The van der Waals surface area contributed by atoms with Crippen molar-refractivity contribution in [2.45, 2.75) is 58.3 Å². The summed E-state index contributed by atoms with van der Waals surface area (Å²) in [7, 11) is 0. The molecule has 1 aromatic carbocycles. The van der Waals surface area contributed by atoms with Crippen LogP contribution in [0.2, 0.25) is 0 Å². The Morgan fingerprint density at radius 1 is 1.11 bits per heavy atom. The van der Waals surface area contributed by atoms with Gasteiger partial charge >= 0.3 is 0 Å². The first-order valence-electron chi connectivity index (χ1n) is 9.75. The highest BCUT2D eigenvalue weighted by atomic mass is 16.5. The van der Waals surface area contributed by atoms with Crippen molar-refractivity contribution in [1.82, 2.24) is 4.90 Å². The topological polar surface area (TPSA) is 73.6 Å². The Labute approximate surface area is 166 Å². The monoisotopic (exact) mass is 381 g/mol. The van der Waals surface area contributed by atoms with Crippen LogP contribution in [0.1, 0.15) is 45.7 Å². The molecule has 0 aromatic heterocycles. The van der Waals surface area contributed by atoms with Gasteiger partial charge in [0.15, 0.2) is 0 Å². The van der Waals surface area contributed by atoms with Gasteiger partial charge in [0.2, 0.25) is 11.8 Å². The normalized spacial score (nSPS) is 35.2. The summed E-state index contributed by atoms with van der Waals surface area (Å²) in [6.45, 7) is 13.4. The zero-order valence-electron chi connectivity index (χ0n) is 17.4. The molecular weight excluding hydrogens is 354 g/mol. The molecule has 1 aromatic rings. The minimum absolute atomic E-state index is 0.0685. The fourth-order valence-electron chi connectivity index (χ4n) is 5.28. The lowest BCUT2D eigenvalue weighted by molar-refractivity contribution is -0.182. The van der Waals surface area contributed by atoms with Crippen molar-refractivity contribution in [3.05, 3.63) is 29.3 Å². The molecule has 2 amide bonds. The lowest BCUT2D eigenvalue weighted by atomic mass is 9.79. The zero-order valence-corrected chi connectivity index (χ0v) is 17.4. The van der Waals surface area contributed by atoms with E-state index in [9.17, 15) is 9.59 Å². The molecule has 6 heteroatoms. The van der Waals surface area contributed by atoms with Crippen molar-refractivity contribution in [3.63, 3.8) is 0 Å². The Balaban J connectivity index is 1.75. The molecule has 0 unspecified atom stereocenters. The molecule has 3 aliphatic heterocycles. The summed E-state index contributed by atoms with van der Waals surface area (Å²) < 4.78 is 6.40. The molecule has 3 aliphatic rings. The summed E-state index contributed by atoms with van der Waals surface area (Å²) in [6.07, 6.45) is 0. The third-order valence-electron chi connectivity index (χ3n) is 6.64. The highest BCUT2D eigenvalue weighted by Gasteiger charge is 2.72. The smallest absolute Gasteiger partial charge is 0.240 e. The van der Waals surface area contributed by atoms with E-state index in [-0.39, 0.29) is 17.4 Å². The van der Waals surface area contributed by atoms with Gasteiger partial charge in [0.1, 0.15) is 0 Å². The number of nitriles is 1. The summed E-state index contributed by atoms with van der Waals surface area (Å²) in [4.78, 5) is 30.5. The van der Waals surface area contributed by atoms with Gasteiger partial charge in [0, 0.05) is 18.6 Å². The van der Waals surface area contributed by atoms with Crippen LogP contribution in [0.15, 0.2) is 18.2 Å². The second kappa shape index (κ2) is 5.65. The maximum absolute atomic E-state index is 13.5. The van der Waals surface area contributed by atoms with E-state index in [0.29, 0.717) is 24.3 Å². The molecule has 148 valence electrons. The standard InChI is InChI=1S/C22H27N3O3/c1-13-9-15(8-7-14(13)10-23)25-18(26)16-17(19(25)27)22(6)12-24(20(2,3)4)11-21(16,5)28-22/h7-9,16-17H,11-12H2,1-6H3/t16-,17+,21-,22+. The Hall–Kier alpha value is -2.23. The first-order chi connectivity index (χ1) is 12.9. The van der Waals surface area contributed by atoms with Crippen molar-refractivity contribution in [2.24, 2.45) is 11.8 Å². The average molecular weight is 381 g/mol. The number of carbonyl (C=O) groups excluding carboxylic acids is 2. The predicted octanol–water partition coefficient (Wildman–Crippen LogP) is 2.63. The molecule has 4 atom stereocenters. The molecular formula is C22H27N3O3. The maximum atomic E-state index is 13.5. The first-order valence-corrected chi connectivity index (χ1v) is 9.75. The Bertz CT molecular complexity index is 892. The lowest BCUT2D eigenvalue weighted by Crippen LogP contribution is -2.62. The van der Waals surface area contributed by atoms with Gasteiger partial charge in [-0.1, -0.05) is 0 Å². The van der Waals surface area contributed by atoms with Crippen molar-refractivity contribution >= 4 is 17.5 Å². The van der Waals surface area contributed by atoms with E-state index < -0.39 is 23.0 Å². The molecule has 4 rings (SSSR count). The quantitative estimate of drug-likeness (QED) is 0.699. The zero-order chi connectivity index (χ0) is 20.6. The first kappa shape index (κ1) is 19.1. The molecule has 0 saturated carbocycles. The molecule has 6 nitrogen and oxygen atoms in total. The van der Waals surface area contributed by atoms with Gasteiger partial charge in [-0.05, 0) is 65.3 Å². The molecule has 28 heavy (non-hydrogen) atoms. The third kappa shape index (κ3) is 2.46. The second-order valence-corrected chi connectivity index (χ2v) is 9.83. The minimum Gasteiger partial charge on any atom is -0.365 e. The van der Waals surface area contributed by atoms with Gasteiger partial charge in [0.25, 0.3) is 0 Å². The molecule has 0 radical (unpaired) electrons. The van der Waals surface area contributed by atoms with E-state index in [1.165, 1.54) is 4.90 Å². The number of amides is 2. The summed E-state index contributed by atoms with van der Waals surface area (Å²) in [5.41, 5.74) is 0.371. The number of hydrogen-bond donors (Lipinski definition) is 0. The number of anilines is 1. The van der Waals surface area contributed by atoms with Crippen LogP contribution in [0, 0.1) is 30.1 Å². The fourth-order valence-corrected chi connectivity index (χ4v) is 5.28.